The first kappa shape index (κ1) is 20.6. The third kappa shape index (κ3) is 3.56. The second-order valence-corrected chi connectivity index (χ2v) is 10.3. The van der Waals surface area contributed by atoms with Crippen LogP contribution in [0.15, 0.2) is 12.4 Å². The Morgan fingerprint density at radius 1 is 1.24 bits per heavy atom. The quantitative estimate of drug-likeness (QED) is 0.628. The first-order valence-corrected chi connectivity index (χ1v) is 12.0. The molecular formula is C25H37N3O. The van der Waals surface area contributed by atoms with Crippen LogP contribution in [0, 0.1) is 52.3 Å². The molecule has 0 aromatic carbocycles. The number of rotatable bonds is 6. The van der Waals surface area contributed by atoms with Crippen LogP contribution in [0.3, 0.4) is 0 Å². The highest BCUT2D eigenvalue weighted by Gasteiger charge is 2.57. The van der Waals surface area contributed by atoms with Crippen molar-refractivity contribution >= 4 is 5.78 Å². The van der Waals surface area contributed by atoms with Crippen molar-refractivity contribution in [2.45, 2.75) is 85.1 Å². The van der Waals surface area contributed by atoms with Crippen molar-refractivity contribution < 1.29 is 4.79 Å². The molecule has 3 aliphatic rings. The molecule has 0 saturated heterocycles. The van der Waals surface area contributed by atoms with Gasteiger partial charge in [0.1, 0.15) is 6.07 Å². The van der Waals surface area contributed by atoms with E-state index in [0.29, 0.717) is 17.9 Å². The van der Waals surface area contributed by atoms with E-state index in [0.717, 1.165) is 36.0 Å². The molecule has 3 fully saturated rings. The Kier molecular flexibility index (Phi) is 5.87. The van der Waals surface area contributed by atoms with Crippen LogP contribution in [0.1, 0.15) is 84.1 Å². The van der Waals surface area contributed by atoms with Gasteiger partial charge >= 0.3 is 0 Å². The molecule has 0 radical (unpaired) electrons. The number of carbonyl (C=O) groups is 1. The molecule has 29 heavy (non-hydrogen) atoms. The maximum absolute atomic E-state index is 13.3. The summed E-state index contributed by atoms with van der Waals surface area (Å²) in [6.07, 6.45) is 14.9. The van der Waals surface area contributed by atoms with Gasteiger partial charge in [-0.25, -0.2) is 0 Å². The van der Waals surface area contributed by atoms with E-state index >= 15 is 0 Å². The van der Waals surface area contributed by atoms with Crippen molar-refractivity contribution in [2.24, 2.45) is 40.9 Å². The first-order chi connectivity index (χ1) is 14.0. The molecule has 1 aromatic rings. The monoisotopic (exact) mass is 395 g/mol. The lowest BCUT2D eigenvalue weighted by Gasteiger charge is -2.54. The number of Topliss-reactive ketones (excluding diaryl/α,β-unsaturated/α-hetero) is 1. The van der Waals surface area contributed by atoms with Gasteiger partial charge < -0.3 is 0 Å². The summed E-state index contributed by atoms with van der Waals surface area (Å²) in [6, 6.07) is 2.10. The summed E-state index contributed by atoms with van der Waals surface area (Å²) in [5, 5.41) is 13.2. The summed E-state index contributed by atoms with van der Waals surface area (Å²) >= 11 is 0. The van der Waals surface area contributed by atoms with Gasteiger partial charge in [0.2, 0.25) is 0 Å². The second-order valence-electron chi connectivity index (χ2n) is 10.3. The molecule has 0 amide bonds. The lowest BCUT2D eigenvalue weighted by atomic mass is 9.50. The maximum atomic E-state index is 13.3. The van der Waals surface area contributed by atoms with Crippen molar-refractivity contribution in [3.05, 3.63) is 18.0 Å². The van der Waals surface area contributed by atoms with Gasteiger partial charge in [0.05, 0.1) is 18.3 Å². The van der Waals surface area contributed by atoms with Crippen LogP contribution in [0.25, 0.3) is 0 Å². The third-order valence-electron chi connectivity index (χ3n) is 9.13. The fourth-order valence-electron chi connectivity index (χ4n) is 7.83. The Bertz CT molecular complexity index is 777. The van der Waals surface area contributed by atoms with Crippen LogP contribution in [-0.4, -0.2) is 15.6 Å². The number of fused-ring (bicyclic) bond motifs is 3. The zero-order chi connectivity index (χ0) is 20.6. The van der Waals surface area contributed by atoms with Crippen molar-refractivity contribution in [2.75, 3.05) is 0 Å². The molecule has 4 rings (SSSR count). The van der Waals surface area contributed by atoms with Crippen LogP contribution in [0.2, 0.25) is 0 Å². The van der Waals surface area contributed by atoms with Gasteiger partial charge in [0.25, 0.3) is 0 Å². The van der Waals surface area contributed by atoms with E-state index in [1.165, 1.54) is 51.4 Å². The molecule has 0 N–H and O–H groups in total. The Morgan fingerprint density at radius 2 is 2.07 bits per heavy atom. The van der Waals surface area contributed by atoms with Gasteiger partial charge in [0, 0.05) is 12.1 Å². The zero-order valence-electron chi connectivity index (χ0n) is 18.4. The van der Waals surface area contributed by atoms with Gasteiger partial charge in [-0.15, -0.1) is 0 Å². The molecule has 158 valence electrons. The van der Waals surface area contributed by atoms with E-state index in [1.54, 1.807) is 17.1 Å². The Balaban J connectivity index is 1.50. The lowest BCUT2D eigenvalue weighted by Crippen LogP contribution is -2.48. The van der Waals surface area contributed by atoms with Gasteiger partial charge in [-0.2, -0.15) is 10.4 Å². The summed E-state index contributed by atoms with van der Waals surface area (Å²) in [6.45, 7) is 7.48. The van der Waals surface area contributed by atoms with Crippen molar-refractivity contribution in [3.8, 4) is 6.07 Å². The Labute approximate surface area is 176 Å². The number of aromatic nitrogens is 2. The van der Waals surface area contributed by atoms with Crippen LogP contribution >= 0.6 is 0 Å². The summed E-state index contributed by atoms with van der Waals surface area (Å²) in [5.41, 5.74) is 0.697. The largest absolute Gasteiger partial charge is 0.297 e. The topological polar surface area (TPSA) is 58.7 Å². The van der Waals surface area contributed by atoms with Crippen LogP contribution in [0.4, 0.5) is 0 Å². The van der Waals surface area contributed by atoms with Crippen LogP contribution < -0.4 is 0 Å². The third-order valence-corrected chi connectivity index (χ3v) is 9.13. The number of nitrogens with zero attached hydrogens (tertiary/aromatic N) is 3. The van der Waals surface area contributed by atoms with E-state index in [4.69, 9.17) is 5.26 Å². The number of nitriles is 1. The molecule has 1 heterocycles. The zero-order valence-corrected chi connectivity index (χ0v) is 18.4. The van der Waals surface area contributed by atoms with Crippen LogP contribution in [0.5, 0.6) is 0 Å². The molecule has 4 heteroatoms. The predicted molar refractivity (Wildman–Crippen MR) is 114 cm³/mol. The smallest absolute Gasteiger partial charge is 0.157 e. The molecule has 0 bridgehead atoms. The Hall–Kier alpha value is -1.63. The summed E-state index contributed by atoms with van der Waals surface area (Å²) in [4.78, 5) is 13.3. The minimum absolute atomic E-state index is 0.164. The fraction of sp³-hybridized carbons (Fsp3) is 0.800. The minimum atomic E-state index is 0.164. The molecular weight excluding hydrogens is 358 g/mol. The second kappa shape index (κ2) is 8.25. The highest BCUT2D eigenvalue weighted by Crippen LogP contribution is 2.63. The summed E-state index contributed by atoms with van der Waals surface area (Å²) in [5.74, 6) is 4.78. The predicted octanol–water partition coefficient (Wildman–Crippen LogP) is 5.62. The van der Waals surface area contributed by atoms with Gasteiger partial charge in [-0.05, 0) is 73.5 Å². The standard InChI is InChI=1S/C25H37N3O/c1-4-6-19-18(5-2)7-8-21-20(19)11-12-25(3)22(21)9-10-23(25)24(29)16-28-15-17(13-26)14-27-28/h14-15,18-23H,4-12,16H2,1-3H3/t18-,19-,20?,21?,22?,23+,25-/m0/s1. The molecule has 7 atom stereocenters. The van der Waals surface area contributed by atoms with E-state index in [9.17, 15) is 4.79 Å². The normalized spacial score (nSPS) is 38.8. The summed E-state index contributed by atoms with van der Waals surface area (Å²) < 4.78 is 1.66. The highest BCUT2D eigenvalue weighted by atomic mass is 16.1. The van der Waals surface area contributed by atoms with E-state index in [2.05, 4.69) is 31.9 Å². The maximum Gasteiger partial charge on any atom is 0.157 e. The molecule has 3 unspecified atom stereocenters. The number of carbonyl (C=O) groups excluding carboxylic acids is 1. The minimum Gasteiger partial charge on any atom is -0.297 e. The van der Waals surface area contributed by atoms with Gasteiger partial charge in [-0.3, -0.25) is 9.48 Å². The van der Waals surface area contributed by atoms with Gasteiger partial charge in [-0.1, -0.05) is 40.0 Å². The van der Waals surface area contributed by atoms with Crippen molar-refractivity contribution in [3.63, 3.8) is 0 Å². The van der Waals surface area contributed by atoms with E-state index in [1.807, 2.05) is 0 Å². The fourth-order valence-corrected chi connectivity index (χ4v) is 7.83. The molecule has 4 nitrogen and oxygen atoms in total. The lowest BCUT2D eigenvalue weighted by molar-refractivity contribution is -0.130. The molecule has 3 saturated carbocycles. The van der Waals surface area contributed by atoms with E-state index < -0.39 is 0 Å². The number of hydrogen-bond acceptors (Lipinski definition) is 3. The number of hydrogen-bond donors (Lipinski definition) is 0. The average molecular weight is 396 g/mol. The molecule has 1 aromatic heterocycles. The summed E-state index contributed by atoms with van der Waals surface area (Å²) in [7, 11) is 0. The first-order valence-electron chi connectivity index (χ1n) is 12.0. The highest BCUT2D eigenvalue weighted by molar-refractivity contribution is 5.82. The van der Waals surface area contributed by atoms with Crippen molar-refractivity contribution in [1.29, 1.82) is 5.26 Å². The molecule has 0 spiro atoms. The van der Waals surface area contributed by atoms with E-state index in [-0.39, 0.29) is 11.3 Å². The average Bonchev–Trinajstić information content (AvgIpc) is 3.31. The van der Waals surface area contributed by atoms with Gasteiger partial charge in [0.15, 0.2) is 5.78 Å². The Morgan fingerprint density at radius 3 is 2.76 bits per heavy atom. The molecule has 0 aliphatic heterocycles. The van der Waals surface area contributed by atoms with Crippen molar-refractivity contribution in [1.82, 2.24) is 9.78 Å². The molecule has 3 aliphatic carbocycles. The van der Waals surface area contributed by atoms with Crippen LogP contribution in [-0.2, 0) is 11.3 Å². The SMILES string of the molecule is CCC[C@@H]1C2CC[C@@]3(C)C(CC[C@@H]3C(=O)Cn3cc(C#N)cn3)C2CC[C@@H]1CC. The number of ketones is 1.